The number of benzene rings is 2. The molecule has 0 saturated carbocycles. The summed E-state index contributed by atoms with van der Waals surface area (Å²) in [5.74, 6) is -0.714. The van der Waals surface area contributed by atoms with E-state index in [1.54, 1.807) is 66.0 Å². The van der Waals surface area contributed by atoms with Gasteiger partial charge >= 0.3 is 0 Å². The third-order valence-electron chi connectivity index (χ3n) is 3.81. The number of rotatable bonds is 5. The zero-order chi connectivity index (χ0) is 19.9. The van der Waals surface area contributed by atoms with Crippen molar-refractivity contribution in [3.63, 3.8) is 0 Å². The smallest absolute Gasteiger partial charge is 0.271 e. The van der Waals surface area contributed by atoms with Gasteiger partial charge in [0, 0.05) is 5.56 Å². The van der Waals surface area contributed by atoms with E-state index in [2.05, 4.69) is 16.2 Å². The molecule has 7 nitrogen and oxygen atoms in total. The molecule has 0 aliphatic rings. The number of para-hydroxylation sites is 1. The molecule has 0 atom stereocenters. The second-order valence-electron chi connectivity index (χ2n) is 5.61. The summed E-state index contributed by atoms with van der Waals surface area (Å²) in [6.07, 6.45) is 0. The quantitative estimate of drug-likeness (QED) is 0.579. The molecule has 0 bridgehead atoms. The predicted octanol–water partition coefficient (Wildman–Crippen LogP) is 3.08. The molecule has 3 rings (SSSR count). The third kappa shape index (κ3) is 4.54. The normalized spacial score (nSPS) is 10.0. The van der Waals surface area contributed by atoms with Crippen molar-refractivity contribution >= 4 is 34.7 Å². The first-order valence-corrected chi connectivity index (χ1v) is 9.15. The number of carbonyl (C=O) groups excluding carboxylic acids is 3. The summed E-state index contributed by atoms with van der Waals surface area (Å²) in [4.78, 5) is 37.4. The molecule has 0 aliphatic heterocycles. The molecule has 3 aromatic rings. The molecule has 0 unspecified atom stereocenters. The molecule has 142 valence electrons. The van der Waals surface area contributed by atoms with Gasteiger partial charge in [-0.2, -0.15) is 0 Å². The molecule has 28 heavy (non-hydrogen) atoms. The Bertz CT molecular complexity index is 985. The van der Waals surface area contributed by atoms with Crippen LogP contribution in [0.2, 0.25) is 0 Å². The standard InChI is InChI=1S/C20H17N3O4S/c1-27-14-10-8-13(9-11-14)18(24)22-23-19(25)15-5-2-3-6-16(15)21-20(26)17-7-4-12-28-17/h2-12H,1H3,(H,21,26)(H,22,24)(H,23,25). The lowest BCUT2D eigenvalue weighted by atomic mass is 10.1. The second-order valence-corrected chi connectivity index (χ2v) is 6.56. The Labute approximate surface area is 165 Å². The van der Waals surface area contributed by atoms with Crippen molar-refractivity contribution in [1.29, 1.82) is 0 Å². The summed E-state index contributed by atoms with van der Waals surface area (Å²) >= 11 is 1.30. The fraction of sp³-hybridized carbons (Fsp3) is 0.0500. The fourth-order valence-corrected chi connectivity index (χ4v) is 3.00. The van der Waals surface area contributed by atoms with E-state index < -0.39 is 11.8 Å². The number of hydrogen-bond acceptors (Lipinski definition) is 5. The van der Waals surface area contributed by atoms with Gasteiger partial charge in [-0.15, -0.1) is 11.3 Å². The van der Waals surface area contributed by atoms with Gasteiger partial charge in [0.05, 0.1) is 23.2 Å². The van der Waals surface area contributed by atoms with Crippen molar-refractivity contribution in [2.24, 2.45) is 0 Å². The predicted molar refractivity (Wildman–Crippen MR) is 107 cm³/mol. The molecule has 3 amide bonds. The van der Waals surface area contributed by atoms with E-state index in [-0.39, 0.29) is 11.5 Å². The van der Waals surface area contributed by atoms with Crippen molar-refractivity contribution in [1.82, 2.24) is 10.9 Å². The van der Waals surface area contributed by atoms with Crippen molar-refractivity contribution in [3.8, 4) is 5.75 Å². The molecular weight excluding hydrogens is 378 g/mol. The summed E-state index contributed by atoms with van der Waals surface area (Å²) < 4.78 is 5.04. The molecule has 1 aromatic heterocycles. The van der Waals surface area contributed by atoms with Crippen molar-refractivity contribution in [3.05, 3.63) is 82.0 Å². The van der Waals surface area contributed by atoms with Crippen LogP contribution >= 0.6 is 11.3 Å². The summed E-state index contributed by atoms with van der Waals surface area (Å²) in [5.41, 5.74) is 5.64. The van der Waals surface area contributed by atoms with Gasteiger partial charge < -0.3 is 10.1 Å². The van der Waals surface area contributed by atoms with Gasteiger partial charge in [-0.3, -0.25) is 25.2 Å². The molecule has 0 aliphatic carbocycles. The number of amides is 3. The summed E-state index contributed by atoms with van der Waals surface area (Å²) in [6.45, 7) is 0. The van der Waals surface area contributed by atoms with Crippen LogP contribution in [-0.4, -0.2) is 24.8 Å². The minimum Gasteiger partial charge on any atom is -0.497 e. The highest BCUT2D eigenvalue weighted by atomic mass is 32.1. The summed E-state index contributed by atoms with van der Waals surface area (Å²) in [5, 5.41) is 4.50. The largest absolute Gasteiger partial charge is 0.497 e. The zero-order valence-corrected chi connectivity index (χ0v) is 15.7. The van der Waals surface area contributed by atoms with E-state index in [1.807, 2.05) is 0 Å². The minimum atomic E-state index is -0.552. The van der Waals surface area contributed by atoms with Gasteiger partial charge in [0.15, 0.2) is 0 Å². The fourth-order valence-electron chi connectivity index (χ4n) is 2.38. The average molecular weight is 395 g/mol. The number of anilines is 1. The number of thiophene rings is 1. The molecule has 3 N–H and O–H groups in total. The lowest BCUT2D eigenvalue weighted by Gasteiger charge is -2.12. The van der Waals surface area contributed by atoms with Gasteiger partial charge in [-0.05, 0) is 47.8 Å². The highest BCUT2D eigenvalue weighted by Crippen LogP contribution is 2.18. The first kappa shape index (κ1) is 19.1. The molecule has 0 radical (unpaired) electrons. The maximum atomic E-state index is 12.5. The van der Waals surface area contributed by atoms with Crippen LogP contribution in [0.5, 0.6) is 5.75 Å². The Morgan fingerprint density at radius 1 is 0.821 bits per heavy atom. The van der Waals surface area contributed by atoms with E-state index >= 15 is 0 Å². The number of ether oxygens (including phenoxy) is 1. The average Bonchev–Trinajstić information content (AvgIpc) is 3.27. The van der Waals surface area contributed by atoms with E-state index in [0.29, 0.717) is 21.9 Å². The Balaban J connectivity index is 1.65. The van der Waals surface area contributed by atoms with Gasteiger partial charge in [-0.1, -0.05) is 18.2 Å². The number of hydrogen-bond donors (Lipinski definition) is 3. The topological polar surface area (TPSA) is 96.5 Å². The zero-order valence-electron chi connectivity index (χ0n) is 14.9. The van der Waals surface area contributed by atoms with Crippen LogP contribution in [0.4, 0.5) is 5.69 Å². The van der Waals surface area contributed by atoms with Gasteiger partial charge in [0.25, 0.3) is 17.7 Å². The molecule has 1 heterocycles. The third-order valence-corrected chi connectivity index (χ3v) is 4.68. The summed E-state index contributed by atoms with van der Waals surface area (Å²) in [7, 11) is 1.53. The maximum Gasteiger partial charge on any atom is 0.271 e. The molecule has 2 aromatic carbocycles. The first-order chi connectivity index (χ1) is 13.6. The summed E-state index contributed by atoms with van der Waals surface area (Å²) in [6, 6.07) is 16.5. The van der Waals surface area contributed by atoms with E-state index in [9.17, 15) is 14.4 Å². The molecular formula is C20H17N3O4S. The number of carbonyl (C=O) groups is 3. The van der Waals surface area contributed by atoms with Crippen molar-refractivity contribution < 1.29 is 19.1 Å². The Kier molecular flexibility index (Phi) is 6.03. The van der Waals surface area contributed by atoms with Crippen LogP contribution in [0, 0.1) is 0 Å². The minimum absolute atomic E-state index is 0.224. The highest BCUT2D eigenvalue weighted by Gasteiger charge is 2.15. The lowest BCUT2D eigenvalue weighted by molar-refractivity contribution is 0.0847. The van der Waals surface area contributed by atoms with Gasteiger partial charge in [-0.25, -0.2) is 0 Å². The van der Waals surface area contributed by atoms with Crippen LogP contribution in [0.3, 0.4) is 0 Å². The Morgan fingerprint density at radius 2 is 1.54 bits per heavy atom. The van der Waals surface area contributed by atoms with Gasteiger partial charge in [0.1, 0.15) is 5.75 Å². The van der Waals surface area contributed by atoms with Crippen molar-refractivity contribution in [2.45, 2.75) is 0 Å². The number of hydrazine groups is 1. The number of nitrogens with one attached hydrogen (secondary N) is 3. The molecule has 8 heteroatoms. The lowest BCUT2D eigenvalue weighted by Crippen LogP contribution is -2.41. The molecule has 0 fully saturated rings. The van der Waals surface area contributed by atoms with Crippen LogP contribution in [0.1, 0.15) is 30.4 Å². The van der Waals surface area contributed by atoms with E-state index in [1.165, 1.54) is 18.4 Å². The molecule has 0 saturated heterocycles. The second kappa shape index (κ2) is 8.83. The van der Waals surface area contributed by atoms with Gasteiger partial charge in [0.2, 0.25) is 0 Å². The van der Waals surface area contributed by atoms with E-state index in [0.717, 1.165) is 0 Å². The van der Waals surface area contributed by atoms with Crippen LogP contribution in [-0.2, 0) is 0 Å². The molecule has 0 spiro atoms. The maximum absolute atomic E-state index is 12.5. The first-order valence-electron chi connectivity index (χ1n) is 8.27. The van der Waals surface area contributed by atoms with Crippen LogP contribution in [0.25, 0.3) is 0 Å². The highest BCUT2D eigenvalue weighted by molar-refractivity contribution is 7.12. The Hall–Kier alpha value is -3.65. The number of methoxy groups -OCH3 is 1. The van der Waals surface area contributed by atoms with E-state index in [4.69, 9.17) is 4.74 Å². The SMILES string of the molecule is COc1ccc(C(=O)NNC(=O)c2ccccc2NC(=O)c2cccs2)cc1. The Morgan fingerprint density at radius 3 is 2.21 bits per heavy atom. The van der Waals surface area contributed by atoms with Crippen LogP contribution < -0.4 is 20.9 Å². The monoisotopic (exact) mass is 395 g/mol. The van der Waals surface area contributed by atoms with Crippen LogP contribution in [0.15, 0.2) is 66.0 Å². The van der Waals surface area contributed by atoms with Crippen molar-refractivity contribution in [2.75, 3.05) is 12.4 Å².